The molecule has 114 valence electrons. The van der Waals surface area contributed by atoms with E-state index in [0.717, 1.165) is 22.5 Å². The number of hydrogen-bond acceptors (Lipinski definition) is 4. The van der Waals surface area contributed by atoms with Gasteiger partial charge in [0, 0.05) is 19.0 Å². The third-order valence-corrected chi connectivity index (χ3v) is 4.87. The summed E-state index contributed by atoms with van der Waals surface area (Å²) in [6.07, 6.45) is 0.00436. The molecule has 0 spiro atoms. The second kappa shape index (κ2) is 6.65. The summed E-state index contributed by atoms with van der Waals surface area (Å²) in [7, 11) is -3.99. The van der Waals surface area contributed by atoms with Crippen LogP contribution in [0.15, 0.2) is 23.1 Å². The smallest absolute Gasteiger partial charge is 0.338 e. The van der Waals surface area contributed by atoms with Gasteiger partial charge < -0.3 is 5.11 Å². The highest BCUT2D eigenvalue weighted by Crippen LogP contribution is 2.21. The Balaban J connectivity index is 3.32. The number of rotatable bonds is 6. The second-order valence-corrected chi connectivity index (χ2v) is 6.45. The largest absolute Gasteiger partial charge is 0.478 e. The molecule has 0 heterocycles. The normalized spacial score (nSPS) is 11.6. The predicted molar refractivity (Wildman–Crippen MR) is 72.6 cm³/mol. The molecule has 0 aromatic heterocycles. The van der Waals surface area contributed by atoms with E-state index in [0.29, 0.717) is 0 Å². The average Bonchev–Trinajstić information content (AvgIpc) is 2.38. The van der Waals surface area contributed by atoms with Crippen LogP contribution in [0.5, 0.6) is 0 Å². The Kier molecular flexibility index (Phi) is 5.41. The lowest BCUT2D eigenvalue weighted by atomic mass is 10.2. The van der Waals surface area contributed by atoms with Crippen molar-refractivity contribution in [3.63, 3.8) is 0 Å². The first-order valence-corrected chi connectivity index (χ1v) is 7.57. The summed E-state index contributed by atoms with van der Waals surface area (Å²) in [6.45, 7) is 3.25. The maximum absolute atomic E-state index is 13.3. The van der Waals surface area contributed by atoms with Crippen molar-refractivity contribution >= 4 is 16.0 Å². The van der Waals surface area contributed by atoms with Crippen LogP contribution in [0.4, 0.5) is 4.39 Å². The molecule has 1 N–H and O–H groups in total. The van der Waals surface area contributed by atoms with E-state index in [-0.39, 0.29) is 17.9 Å². The molecule has 0 atom stereocenters. The maximum Gasteiger partial charge on any atom is 0.338 e. The van der Waals surface area contributed by atoms with E-state index < -0.39 is 33.4 Å². The van der Waals surface area contributed by atoms with Gasteiger partial charge in [0.25, 0.3) is 0 Å². The van der Waals surface area contributed by atoms with Crippen molar-refractivity contribution in [1.82, 2.24) is 4.31 Å². The topological polar surface area (TPSA) is 98.5 Å². The van der Waals surface area contributed by atoms with Crippen molar-refractivity contribution in [3.8, 4) is 6.07 Å². The van der Waals surface area contributed by atoms with Gasteiger partial charge in [-0.2, -0.15) is 9.57 Å². The summed E-state index contributed by atoms with van der Waals surface area (Å²) in [5.74, 6) is -2.55. The third-order valence-electron chi connectivity index (χ3n) is 2.79. The lowest BCUT2D eigenvalue weighted by Gasteiger charge is -2.25. The van der Waals surface area contributed by atoms with Gasteiger partial charge in [-0.15, -0.1) is 0 Å². The van der Waals surface area contributed by atoms with Crippen LogP contribution in [-0.4, -0.2) is 36.4 Å². The number of nitrogens with zero attached hydrogens (tertiary/aromatic N) is 2. The number of carbonyl (C=O) groups is 1. The molecule has 0 unspecified atom stereocenters. The number of benzene rings is 1. The van der Waals surface area contributed by atoms with E-state index in [1.165, 1.54) is 0 Å². The highest BCUT2D eigenvalue weighted by molar-refractivity contribution is 7.89. The van der Waals surface area contributed by atoms with Crippen molar-refractivity contribution in [2.45, 2.75) is 31.2 Å². The summed E-state index contributed by atoms with van der Waals surface area (Å²) < 4.78 is 39.4. The number of carboxylic acid groups (broad SMARTS) is 1. The fraction of sp³-hybridized carbons (Fsp3) is 0.385. The SMILES string of the molecule is CC(C)N(CCC#N)S(=O)(=O)c1ccc(F)c(C(=O)O)c1. The fourth-order valence-electron chi connectivity index (χ4n) is 1.78. The number of carboxylic acids is 1. The summed E-state index contributed by atoms with van der Waals surface area (Å²) >= 11 is 0. The van der Waals surface area contributed by atoms with E-state index in [1.807, 2.05) is 6.07 Å². The average molecular weight is 314 g/mol. The highest BCUT2D eigenvalue weighted by Gasteiger charge is 2.28. The Morgan fingerprint density at radius 1 is 1.48 bits per heavy atom. The van der Waals surface area contributed by atoms with Crippen LogP contribution >= 0.6 is 0 Å². The molecule has 0 radical (unpaired) electrons. The van der Waals surface area contributed by atoms with Crippen molar-refractivity contribution in [2.24, 2.45) is 0 Å². The van der Waals surface area contributed by atoms with Gasteiger partial charge in [0.15, 0.2) is 0 Å². The van der Waals surface area contributed by atoms with Crippen LogP contribution in [0, 0.1) is 17.1 Å². The molecule has 21 heavy (non-hydrogen) atoms. The molecule has 0 aliphatic heterocycles. The molecule has 1 aromatic rings. The maximum atomic E-state index is 13.3. The van der Waals surface area contributed by atoms with E-state index in [1.54, 1.807) is 13.8 Å². The number of nitriles is 1. The fourth-order valence-corrected chi connectivity index (χ4v) is 3.44. The Labute approximate surface area is 122 Å². The van der Waals surface area contributed by atoms with Crippen LogP contribution in [0.1, 0.15) is 30.6 Å². The molecule has 0 saturated carbocycles. The number of hydrogen-bond donors (Lipinski definition) is 1. The zero-order valence-electron chi connectivity index (χ0n) is 11.6. The van der Waals surface area contributed by atoms with E-state index in [4.69, 9.17) is 10.4 Å². The Hall–Kier alpha value is -1.98. The molecule has 0 amide bonds. The lowest BCUT2D eigenvalue weighted by Crippen LogP contribution is -2.37. The Morgan fingerprint density at radius 2 is 2.10 bits per heavy atom. The molecule has 0 bridgehead atoms. The molecule has 1 aromatic carbocycles. The van der Waals surface area contributed by atoms with Crippen LogP contribution in [0.2, 0.25) is 0 Å². The van der Waals surface area contributed by atoms with Crippen molar-refractivity contribution in [3.05, 3.63) is 29.6 Å². The zero-order valence-corrected chi connectivity index (χ0v) is 12.4. The van der Waals surface area contributed by atoms with Gasteiger partial charge in [0.2, 0.25) is 10.0 Å². The van der Waals surface area contributed by atoms with Crippen LogP contribution < -0.4 is 0 Å². The monoisotopic (exact) mass is 314 g/mol. The van der Waals surface area contributed by atoms with Gasteiger partial charge in [-0.1, -0.05) is 0 Å². The molecule has 0 aliphatic rings. The zero-order chi connectivity index (χ0) is 16.2. The van der Waals surface area contributed by atoms with Gasteiger partial charge in [-0.05, 0) is 32.0 Å². The lowest BCUT2D eigenvalue weighted by molar-refractivity contribution is 0.0691. The van der Waals surface area contributed by atoms with Gasteiger partial charge in [-0.3, -0.25) is 0 Å². The van der Waals surface area contributed by atoms with Crippen LogP contribution in [-0.2, 0) is 10.0 Å². The van der Waals surface area contributed by atoms with Crippen molar-refractivity contribution < 1.29 is 22.7 Å². The predicted octanol–water partition coefficient (Wildman–Crippen LogP) is 1.84. The quantitative estimate of drug-likeness (QED) is 0.863. The summed E-state index contributed by atoms with van der Waals surface area (Å²) in [4.78, 5) is 10.6. The van der Waals surface area contributed by atoms with Crippen LogP contribution in [0.3, 0.4) is 0 Å². The Morgan fingerprint density at radius 3 is 2.57 bits per heavy atom. The molecule has 0 fully saturated rings. The minimum Gasteiger partial charge on any atom is -0.478 e. The first-order valence-electron chi connectivity index (χ1n) is 6.13. The first kappa shape index (κ1) is 17.1. The second-order valence-electron chi connectivity index (χ2n) is 4.56. The molecule has 8 heteroatoms. The van der Waals surface area contributed by atoms with E-state index >= 15 is 0 Å². The van der Waals surface area contributed by atoms with E-state index in [9.17, 15) is 17.6 Å². The first-order chi connectivity index (χ1) is 9.71. The summed E-state index contributed by atoms with van der Waals surface area (Å²) in [5.41, 5.74) is -0.708. The standard InChI is InChI=1S/C13H15FN2O4S/c1-9(2)16(7-3-6-15)21(19,20)10-4-5-12(14)11(8-10)13(17)18/h4-5,8-9H,3,7H2,1-2H3,(H,17,18). The minimum atomic E-state index is -3.99. The molecule has 0 saturated heterocycles. The van der Waals surface area contributed by atoms with Crippen LogP contribution in [0.25, 0.3) is 0 Å². The number of halogens is 1. The highest BCUT2D eigenvalue weighted by atomic mass is 32.2. The summed E-state index contributed by atoms with van der Waals surface area (Å²) in [5, 5.41) is 17.4. The van der Waals surface area contributed by atoms with E-state index in [2.05, 4.69) is 0 Å². The van der Waals surface area contributed by atoms with Gasteiger partial charge >= 0.3 is 5.97 Å². The third kappa shape index (κ3) is 3.77. The van der Waals surface area contributed by atoms with Gasteiger partial charge in [-0.25, -0.2) is 17.6 Å². The minimum absolute atomic E-state index is 0.00436. The molecular formula is C13H15FN2O4S. The number of sulfonamides is 1. The molecule has 0 aliphatic carbocycles. The van der Waals surface area contributed by atoms with Gasteiger partial charge in [0.1, 0.15) is 5.82 Å². The summed E-state index contributed by atoms with van der Waals surface area (Å²) in [6, 6.07) is 4.04. The molecular weight excluding hydrogens is 299 g/mol. The van der Waals surface area contributed by atoms with Gasteiger partial charge in [0.05, 0.1) is 16.5 Å². The molecule has 6 nitrogen and oxygen atoms in total. The number of aromatic carboxylic acids is 1. The van der Waals surface area contributed by atoms with Crippen molar-refractivity contribution in [2.75, 3.05) is 6.54 Å². The Bertz CT molecular complexity index is 680. The molecule has 1 rings (SSSR count). The van der Waals surface area contributed by atoms with Crippen molar-refractivity contribution in [1.29, 1.82) is 5.26 Å².